The van der Waals surface area contributed by atoms with Crippen LogP contribution >= 0.6 is 0 Å². The number of benzene rings is 2. The smallest absolute Gasteiger partial charge is 0.220 e. The van der Waals surface area contributed by atoms with Crippen molar-refractivity contribution < 1.29 is 17.6 Å². The maximum Gasteiger partial charge on any atom is 0.220 e. The Bertz CT molecular complexity index is 930. The normalized spacial score (nSPS) is 15.2. The molecule has 1 amide bonds. The van der Waals surface area contributed by atoms with Crippen molar-refractivity contribution in [2.24, 2.45) is 0 Å². The second kappa shape index (κ2) is 10.5. The van der Waals surface area contributed by atoms with Gasteiger partial charge in [0.25, 0.3) is 0 Å². The first-order valence-electron chi connectivity index (χ1n) is 10.2. The van der Waals surface area contributed by atoms with Gasteiger partial charge in [-0.15, -0.1) is 0 Å². The first-order valence-corrected chi connectivity index (χ1v) is 11.8. The van der Waals surface area contributed by atoms with Gasteiger partial charge in [-0.25, -0.2) is 12.8 Å². The molecule has 1 aliphatic heterocycles. The minimum atomic E-state index is -3.39. The molecule has 30 heavy (non-hydrogen) atoms. The van der Waals surface area contributed by atoms with Crippen LogP contribution < -0.4 is 10.2 Å². The summed E-state index contributed by atoms with van der Waals surface area (Å²) in [5.41, 5.74) is 1.61. The topological polar surface area (TPSA) is 69.7 Å². The molecule has 0 unspecified atom stereocenters. The molecule has 0 aromatic heterocycles. The Balaban J connectivity index is 1.36. The first-order chi connectivity index (χ1) is 14.5. The number of anilines is 1. The highest BCUT2D eigenvalue weighted by Crippen LogP contribution is 2.21. The maximum absolute atomic E-state index is 13.9. The van der Waals surface area contributed by atoms with Gasteiger partial charge < -0.3 is 10.2 Å². The number of rotatable bonds is 9. The highest BCUT2D eigenvalue weighted by Gasteiger charge is 2.27. The van der Waals surface area contributed by atoms with Crippen LogP contribution in [0.1, 0.15) is 18.4 Å². The van der Waals surface area contributed by atoms with Gasteiger partial charge in [-0.05, 0) is 30.5 Å². The van der Waals surface area contributed by atoms with Gasteiger partial charge in [-0.3, -0.25) is 4.79 Å². The van der Waals surface area contributed by atoms with E-state index in [1.54, 1.807) is 18.2 Å². The largest absolute Gasteiger partial charge is 0.367 e. The lowest BCUT2D eigenvalue weighted by molar-refractivity contribution is -0.121. The third-order valence-electron chi connectivity index (χ3n) is 5.21. The number of nitrogens with zero attached hydrogens (tertiary/aromatic N) is 2. The minimum Gasteiger partial charge on any atom is -0.367 e. The fourth-order valence-corrected chi connectivity index (χ4v) is 5.00. The Kier molecular flexibility index (Phi) is 7.81. The summed E-state index contributed by atoms with van der Waals surface area (Å²) in [5, 5.41) is 2.79. The van der Waals surface area contributed by atoms with Crippen molar-refractivity contribution in [2.75, 3.05) is 43.4 Å². The highest BCUT2D eigenvalue weighted by atomic mass is 32.2. The van der Waals surface area contributed by atoms with Crippen LogP contribution in [-0.2, 0) is 21.2 Å². The monoisotopic (exact) mass is 433 g/mol. The number of amides is 1. The fourth-order valence-electron chi connectivity index (χ4n) is 3.52. The van der Waals surface area contributed by atoms with Gasteiger partial charge in [-0.2, -0.15) is 4.31 Å². The summed E-state index contributed by atoms with van der Waals surface area (Å²) in [6.07, 6.45) is 1.42. The Hall–Kier alpha value is -2.45. The molecule has 0 saturated carbocycles. The van der Waals surface area contributed by atoms with Gasteiger partial charge in [0.05, 0.1) is 11.4 Å². The van der Waals surface area contributed by atoms with Crippen molar-refractivity contribution in [3.05, 3.63) is 66.0 Å². The van der Waals surface area contributed by atoms with E-state index in [9.17, 15) is 17.6 Å². The lowest BCUT2D eigenvalue weighted by Crippen LogP contribution is -2.49. The third-order valence-corrected chi connectivity index (χ3v) is 7.17. The van der Waals surface area contributed by atoms with Crippen LogP contribution in [0.5, 0.6) is 0 Å². The van der Waals surface area contributed by atoms with E-state index in [1.165, 1.54) is 10.4 Å². The van der Waals surface area contributed by atoms with Crippen LogP contribution in [0.4, 0.5) is 10.1 Å². The quantitative estimate of drug-likeness (QED) is 0.617. The van der Waals surface area contributed by atoms with Crippen LogP contribution in [-0.4, -0.2) is 57.1 Å². The van der Waals surface area contributed by atoms with Gasteiger partial charge in [0, 0.05) is 39.1 Å². The number of halogens is 1. The molecule has 0 aliphatic carbocycles. The molecule has 6 nitrogen and oxygen atoms in total. The molecule has 1 N–H and O–H groups in total. The minimum absolute atomic E-state index is 0.00827. The molecule has 3 rings (SSSR count). The molecule has 162 valence electrons. The van der Waals surface area contributed by atoms with E-state index in [2.05, 4.69) is 5.32 Å². The molecule has 8 heteroatoms. The summed E-state index contributed by atoms with van der Waals surface area (Å²) in [4.78, 5) is 13.8. The molecule has 0 atom stereocenters. The van der Waals surface area contributed by atoms with Crippen LogP contribution in [0, 0.1) is 5.82 Å². The van der Waals surface area contributed by atoms with Crippen molar-refractivity contribution in [1.29, 1.82) is 0 Å². The van der Waals surface area contributed by atoms with Crippen molar-refractivity contribution in [2.45, 2.75) is 19.3 Å². The van der Waals surface area contributed by atoms with Gasteiger partial charge >= 0.3 is 0 Å². The van der Waals surface area contributed by atoms with Crippen molar-refractivity contribution >= 4 is 21.6 Å². The molecule has 0 radical (unpaired) electrons. The number of carbonyl (C=O) groups excluding carboxylic acids is 1. The van der Waals surface area contributed by atoms with E-state index in [-0.39, 0.29) is 17.5 Å². The summed E-state index contributed by atoms with van der Waals surface area (Å²) >= 11 is 0. The predicted molar refractivity (Wildman–Crippen MR) is 116 cm³/mol. The summed E-state index contributed by atoms with van der Waals surface area (Å²) < 4.78 is 40.5. The van der Waals surface area contributed by atoms with E-state index in [4.69, 9.17) is 0 Å². The summed E-state index contributed by atoms with van der Waals surface area (Å²) in [5.74, 6) is -0.377. The lowest BCUT2D eigenvalue weighted by atomic mass is 10.1. The average molecular weight is 434 g/mol. The van der Waals surface area contributed by atoms with Gasteiger partial charge in [0.2, 0.25) is 15.9 Å². The van der Waals surface area contributed by atoms with Crippen LogP contribution in [0.3, 0.4) is 0 Å². The van der Waals surface area contributed by atoms with Crippen LogP contribution in [0.2, 0.25) is 0 Å². The lowest BCUT2D eigenvalue weighted by Gasteiger charge is -2.35. The summed E-state index contributed by atoms with van der Waals surface area (Å²) in [7, 11) is -3.39. The van der Waals surface area contributed by atoms with Gasteiger partial charge in [0.1, 0.15) is 5.82 Å². The molecule has 1 heterocycles. The molecular formula is C22H28FN3O3S. The second-order valence-electron chi connectivity index (χ2n) is 7.34. The average Bonchev–Trinajstić information content (AvgIpc) is 2.76. The third kappa shape index (κ3) is 6.27. The zero-order chi connectivity index (χ0) is 21.4. The molecule has 1 aliphatic rings. The zero-order valence-electron chi connectivity index (χ0n) is 17.0. The van der Waals surface area contributed by atoms with Gasteiger partial charge in [0.15, 0.2) is 0 Å². The molecular weight excluding hydrogens is 405 g/mol. The Morgan fingerprint density at radius 3 is 2.33 bits per heavy atom. The second-order valence-corrected chi connectivity index (χ2v) is 9.43. The zero-order valence-corrected chi connectivity index (χ0v) is 17.8. The van der Waals surface area contributed by atoms with E-state index >= 15 is 0 Å². The number of aryl methyl sites for hydroxylation is 1. The molecule has 0 spiro atoms. The van der Waals surface area contributed by atoms with Crippen molar-refractivity contribution in [1.82, 2.24) is 9.62 Å². The number of nitrogens with one attached hydrogen (secondary N) is 1. The fraction of sp³-hybridized carbons (Fsp3) is 0.409. The number of hydrogen-bond donors (Lipinski definition) is 1. The molecule has 2 aromatic carbocycles. The standard InChI is InChI=1S/C22H28FN3O3S/c23-20-9-4-5-10-21(20)25-14-16-26(17-15-25)30(28,29)18-6-13-24-22(27)12-11-19-7-2-1-3-8-19/h1-5,7-10H,6,11-18H2,(H,24,27). The number of carbonyl (C=O) groups is 1. The van der Waals surface area contributed by atoms with Crippen LogP contribution in [0.15, 0.2) is 54.6 Å². The summed E-state index contributed by atoms with van der Waals surface area (Å²) in [6.45, 7) is 1.91. The Morgan fingerprint density at radius 1 is 0.967 bits per heavy atom. The molecule has 2 aromatic rings. The highest BCUT2D eigenvalue weighted by molar-refractivity contribution is 7.89. The number of sulfonamides is 1. The number of piperazine rings is 1. The SMILES string of the molecule is O=C(CCc1ccccc1)NCCCS(=O)(=O)N1CCN(c2ccccc2F)CC1. The van der Waals surface area contributed by atoms with E-state index < -0.39 is 10.0 Å². The Labute approximate surface area is 177 Å². The Morgan fingerprint density at radius 2 is 1.63 bits per heavy atom. The van der Waals surface area contributed by atoms with Crippen molar-refractivity contribution in [3.63, 3.8) is 0 Å². The number of hydrogen-bond acceptors (Lipinski definition) is 4. The maximum atomic E-state index is 13.9. The van der Waals surface area contributed by atoms with Crippen molar-refractivity contribution in [3.8, 4) is 0 Å². The summed E-state index contributed by atoms with van der Waals surface area (Å²) in [6, 6.07) is 16.3. The van der Waals surface area contributed by atoms with E-state index in [1.807, 2.05) is 35.2 Å². The van der Waals surface area contributed by atoms with E-state index in [0.717, 1.165) is 5.56 Å². The number of para-hydroxylation sites is 1. The van der Waals surface area contributed by atoms with Gasteiger partial charge in [-0.1, -0.05) is 42.5 Å². The first kappa shape index (κ1) is 22.2. The molecule has 1 fully saturated rings. The molecule has 1 saturated heterocycles. The van der Waals surface area contributed by atoms with E-state index in [0.29, 0.717) is 57.7 Å². The van der Waals surface area contributed by atoms with Crippen LogP contribution in [0.25, 0.3) is 0 Å². The molecule has 0 bridgehead atoms. The predicted octanol–water partition coefficient (Wildman–Crippen LogP) is 2.42.